The van der Waals surface area contributed by atoms with E-state index in [1.165, 1.54) is 24.5 Å². The van der Waals surface area contributed by atoms with Crippen molar-refractivity contribution in [2.45, 2.75) is 12.9 Å². The van der Waals surface area contributed by atoms with Gasteiger partial charge in [-0.3, -0.25) is 0 Å². The number of rotatable bonds is 4. The van der Waals surface area contributed by atoms with E-state index in [-0.39, 0.29) is 18.0 Å². The third kappa shape index (κ3) is 4.63. The van der Waals surface area contributed by atoms with E-state index in [0.29, 0.717) is 0 Å². The Morgan fingerprint density at radius 1 is 1.15 bits per heavy atom. The molecule has 20 heavy (non-hydrogen) atoms. The number of azo groups is 1. The average Bonchev–Trinajstić information content (AvgIpc) is 2.38. The largest absolute Gasteiger partial charge is 0.573 e. The molecule has 0 bridgehead atoms. The van der Waals surface area contributed by atoms with E-state index in [1.54, 1.807) is 12.4 Å². The molecule has 0 spiro atoms. The Morgan fingerprint density at radius 3 is 2.60 bits per heavy atom. The van der Waals surface area contributed by atoms with E-state index < -0.39 is 6.36 Å². The summed E-state index contributed by atoms with van der Waals surface area (Å²) < 4.78 is 40.0. The highest BCUT2D eigenvalue weighted by atomic mass is 19.4. The quantitative estimate of drug-likeness (QED) is 0.804. The maximum Gasteiger partial charge on any atom is 0.573 e. The van der Waals surface area contributed by atoms with Gasteiger partial charge >= 0.3 is 6.36 Å². The van der Waals surface area contributed by atoms with Crippen molar-refractivity contribution < 1.29 is 17.9 Å². The highest BCUT2D eigenvalue weighted by molar-refractivity contribution is 5.42. The van der Waals surface area contributed by atoms with Gasteiger partial charge in [0.2, 0.25) is 0 Å². The second-order valence-electron chi connectivity index (χ2n) is 3.69. The van der Waals surface area contributed by atoms with E-state index in [9.17, 15) is 13.2 Å². The van der Waals surface area contributed by atoms with Crippen LogP contribution in [0.25, 0.3) is 0 Å². The lowest BCUT2D eigenvalue weighted by Crippen LogP contribution is -2.16. The Kier molecular flexibility index (Phi) is 4.24. The van der Waals surface area contributed by atoms with Gasteiger partial charge in [0.25, 0.3) is 0 Å². The number of hydrogen-bond acceptors (Lipinski definition) is 5. The first-order valence-corrected chi connectivity index (χ1v) is 5.50. The minimum atomic E-state index is -4.73. The third-order valence-corrected chi connectivity index (χ3v) is 2.10. The lowest BCUT2D eigenvalue weighted by atomic mass is 10.3. The zero-order valence-corrected chi connectivity index (χ0v) is 10.1. The topological polar surface area (TPSA) is 59.7 Å². The van der Waals surface area contributed by atoms with Gasteiger partial charge in [0, 0.05) is 24.0 Å². The van der Waals surface area contributed by atoms with Crippen LogP contribution in [0.1, 0.15) is 5.56 Å². The molecule has 0 radical (unpaired) electrons. The van der Waals surface area contributed by atoms with Crippen molar-refractivity contribution >= 4 is 5.69 Å². The monoisotopic (exact) mass is 282 g/mol. The van der Waals surface area contributed by atoms with Crippen LogP contribution in [0.15, 0.2) is 53.2 Å². The first-order valence-electron chi connectivity index (χ1n) is 5.50. The molecule has 0 N–H and O–H groups in total. The van der Waals surface area contributed by atoms with Crippen molar-refractivity contribution in [3.05, 3.63) is 48.5 Å². The second kappa shape index (κ2) is 6.09. The van der Waals surface area contributed by atoms with E-state index in [4.69, 9.17) is 0 Å². The highest BCUT2D eigenvalue weighted by Crippen LogP contribution is 2.26. The van der Waals surface area contributed by atoms with Crippen molar-refractivity contribution in [2.75, 3.05) is 0 Å². The van der Waals surface area contributed by atoms with Crippen LogP contribution in [0.5, 0.6) is 5.75 Å². The summed E-state index contributed by atoms with van der Waals surface area (Å²) >= 11 is 0. The smallest absolute Gasteiger partial charge is 0.406 e. The fraction of sp³-hybridized carbons (Fsp3) is 0.167. The molecule has 8 heteroatoms. The SMILES string of the molecule is FC(F)(F)Oc1cccc(N=NCc2cncnc2)c1. The minimum absolute atomic E-state index is 0.241. The molecule has 0 amide bonds. The Morgan fingerprint density at radius 2 is 1.90 bits per heavy atom. The van der Waals surface area contributed by atoms with Gasteiger partial charge in [-0.2, -0.15) is 10.2 Å². The van der Waals surface area contributed by atoms with E-state index in [0.717, 1.165) is 11.6 Å². The molecule has 0 aliphatic rings. The molecule has 1 heterocycles. The van der Waals surface area contributed by atoms with Crippen molar-refractivity contribution in [1.82, 2.24) is 9.97 Å². The number of hydrogen-bond donors (Lipinski definition) is 0. The Balaban J connectivity index is 2.01. The zero-order chi connectivity index (χ0) is 14.4. The molecule has 0 fully saturated rings. The molecule has 0 aliphatic carbocycles. The first-order chi connectivity index (χ1) is 9.53. The summed E-state index contributed by atoms with van der Waals surface area (Å²) in [6, 6.07) is 5.27. The molecule has 2 rings (SSSR count). The van der Waals surface area contributed by atoms with Gasteiger partial charge in [-0.1, -0.05) is 6.07 Å². The Bertz CT molecular complexity index is 587. The van der Waals surface area contributed by atoms with Crippen LogP contribution < -0.4 is 4.74 Å². The number of alkyl halides is 3. The van der Waals surface area contributed by atoms with Gasteiger partial charge < -0.3 is 4.74 Å². The van der Waals surface area contributed by atoms with Crippen molar-refractivity contribution in [1.29, 1.82) is 0 Å². The van der Waals surface area contributed by atoms with Crippen molar-refractivity contribution in [2.24, 2.45) is 10.2 Å². The summed E-state index contributed by atoms with van der Waals surface area (Å²) in [6.07, 6.45) is -0.180. The van der Waals surface area contributed by atoms with Crippen LogP contribution >= 0.6 is 0 Å². The maximum absolute atomic E-state index is 12.1. The molecule has 0 unspecified atom stereocenters. The number of benzene rings is 1. The molecule has 104 valence electrons. The van der Waals surface area contributed by atoms with Crippen molar-refractivity contribution in [3.63, 3.8) is 0 Å². The molecule has 0 saturated carbocycles. The van der Waals surface area contributed by atoms with Crippen LogP contribution in [0.2, 0.25) is 0 Å². The standard InChI is InChI=1S/C12H9F3N4O/c13-12(14,15)20-11-3-1-2-10(4-11)19-18-7-9-5-16-8-17-6-9/h1-6,8H,7H2. The fourth-order valence-electron chi connectivity index (χ4n) is 1.35. The lowest BCUT2D eigenvalue weighted by molar-refractivity contribution is -0.274. The normalized spacial score (nSPS) is 11.8. The van der Waals surface area contributed by atoms with Gasteiger partial charge in [-0.25, -0.2) is 9.97 Å². The fourth-order valence-corrected chi connectivity index (χ4v) is 1.35. The predicted octanol–water partition coefficient (Wildman–Crippen LogP) is 3.66. The maximum atomic E-state index is 12.1. The molecule has 0 aliphatic heterocycles. The highest BCUT2D eigenvalue weighted by Gasteiger charge is 2.31. The molecule has 2 aromatic rings. The first kappa shape index (κ1) is 13.9. The predicted molar refractivity (Wildman–Crippen MR) is 63.4 cm³/mol. The molecule has 0 atom stereocenters. The van der Waals surface area contributed by atoms with Gasteiger partial charge in [0.15, 0.2) is 0 Å². The molecule has 0 saturated heterocycles. The summed E-state index contributed by atoms with van der Waals surface area (Å²) in [6.45, 7) is 0.241. The number of halogens is 3. The van der Waals surface area contributed by atoms with Crippen LogP contribution in [0.3, 0.4) is 0 Å². The van der Waals surface area contributed by atoms with Gasteiger partial charge in [0.05, 0.1) is 12.2 Å². The molecule has 1 aromatic heterocycles. The molecular formula is C12H9F3N4O. The summed E-state index contributed by atoms with van der Waals surface area (Å²) in [5.74, 6) is -0.336. The summed E-state index contributed by atoms with van der Waals surface area (Å²) in [4.78, 5) is 7.61. The summed E-state index contributed by atoms with van der Waals surface area (Å²) in [7, 11) is 0. The van der Waals surface area contributed by atoms with Crippen molar-refractivity contribution in [3.8, 4) is 5.75 Å². The van der Waals surface area contributed by atoms with Crippen LogP contribution in [-0.2, 0) is 6.54 Å². The number of ether oxygens (including phenoxy) is 1. The van der Waals surface area contributed by atoms with Gasteiger partial charge in [-0.05, 0) is 12.1 Å². The Hall–Kier alpha value is -2.51. The minimum Gasteiger partial charge on any atom is -0.406 e. The molecule has 1 aromatic carbocycles. The number of nitrogens with zero attached hydrogens (tertiary/aromatic N) is 4. The van der Waals surface area contributed by atoms with E-state index in [2.05, 4.69) is 24.9 Å². The molecule has 5 nitrogen and oxygen atoms in total. The van der Waals surface area contributed by atoms with Crippen LogP contribution in [0, 0.1) is 0 Å². The van der Waals surface area contributed by atoms with Crippen LogP contribution in [0.4, 0.5) is 18.9 Å². The van der Waals surface area contributed by atoms with Crippen LogP contribution in [-0.4, -0.2) is 16.3 Å². The number of aromatic nitrogens is 2. The Labute approximate surface area is 112 Å². The summed E-state index contributed by atoms with van der Waals surface area (Å²) in [5.41, 5.74) is 1.02. The van der Waals surface area contributed by atoms with Gasteiger partial charge in [0.1, 0.15) is 12.1 Å². The van der Waals surface area contributed by atoms with Gasteiger partial charge in [-0.15, -0.1) is 13.2 Å². The lowest BCUT2D eigenvalue weighted by Gasteiger charge is -2.08. The summed E-state index contributed by atoms with van der Waals surface area (Å²) in [5, 5.41) is 7.67. The van der Waals surface area contributed by atoms with E-state index >= 15 is 0 Å². The average molecular weight is 282 g/mol. The van der Waals surface area contributed by atoms with E-state index in [1.807, 2.05) is 0 Å². The molecular weight excluding hydrogens is 273 g/mol. The zero-order valence-electron chi connectivity index (χ0n) is 10.1. The third-order valence-electron chi connectivity index (χ3n) is 2.10. The second-order valence-corrected chi connectivity index (χ2v) is 3.69.